The van der Waals surface area contributed by atoms with E-state index in [0.29, 0.717) is 12.1 Å². The fourth-order valence-corrected chi connectivity index (χ4v) is 1.95. The van der Waals surface area contributed by atoms with E-state index in [1.807, 2.05) is 24.3 Å². The predicted octanol–water partition coefficient (Wildman–Crippen LogP) is 3.31. The van der Waals surface area contributed by atoms with Crippen molar-refractivity contribution in [2.45, 2.75) is 6.54 Å². The van der Waals surface area contributed by atoms with Crippen LogP contribution in [0.2, 0.25) is 0 Å². The fraction of sp³-hybridized carbons (Fsp3) is 0.0714. The average Bonchev–Trinajstić information content (AvgIpc) is 2.86. The summed E-state index contributed by atoms with van der Waals surface area (Å²) in [6.07, 6.45) is 1.77. The van der Waals surface area contributed by atoms with Crippen LogP contribution in [0.15, 0.2) is 48.7 Å². The third-order valence-electron chi connectivity index (χ3n) is 2.90. The number of rotatable bonds is 3. The first-order chi connectivity index (χ1) is 8.84. The van der Waals surface area contributed by atoms with Crippen molar-refractivity contribution in [3.05, 3.63) is 60.0 Å². The van der Waals surface area contributed by atoms with Crippen molar-refractivity contribution in [1.29, 1.82) is 0 Å². The predicted molar refractivity (Wildman–Crippen MR) is 69.8 cm³/mol. The van der Waals surface area contributed by atoms with Gasteiger partial charge in [-0.1, -0.05) is 30.3 Å². The van der Waals surface area contributed by atoms with Gasteiger partial charge < -0.3 is 5.32 Å². The molecule has 0 aliphatic carbocycles. The van der Waals surface area contributed by atoms with Gasteiger partial charge in [0.2, 0.25) is 0 Å². The third kappa shape index (κ3) is 1.93. The molecule has 0 spiro atoms. The van der Waals surface area contributed by atoms with Crippen LogP contribution in [0.3, 0.4) is 0 Å². The Morgan fingerprint density at radius 2 is 2.00 bits per heavy atom. The number of halogens is 1. The summed E-state index contributed by atoms with van der Waals surface area (Å²) in [4.78, 5) is 0. The Labute approximate surface area is 104 Å². The second-order valence-corrected chi connectivity index (χ2v) is 4.08. The first kappa shape index (κ1) is 10.8. The Kier molecular flexibility index (Phi) is 2.68. The molecule has 1 heterocycles. The maximum Gasteiger partial charge on any atom is 0.128 e. The van der Waals surface area contributed by atoms with Crippen molar-refractivity contribution in [3.8, 4) is 0 Å². The molecule has 90 valence electrons. The molecule has 0 fully saturated rings. The van der Waals surface area contributed by atoms with Crippen LogP contribution in [0, 0.1) is 5.82 Å². The second-order valence-electron chi connectivity index (χ2n) is 4.08. The van der Waals surface area contributed by atoms with Crippen LogP contribution < -0.4 is 5.32 Å². The molecule has 0 amide bonds. The monoisotopic (exact) mass is 241 g/mol. The highest BCUT2D eigenvalue weighted by Crippen LogP contribution is 2.21. The van der Waals surface area contributed by atoms with Crippen molar-refractivity contribution in [2.75, 3.05) is 5.32 Å². The second kappa shape index (κ2) is 4.49. The number of benzene rings is 2. The highest BCUT2D eigenvalue weighted by molar-refractivity contribution is 5.89. The summed E-state index contributed by atoms with van der Waals surface area (Å²) in [5, 5.41) is 11.2. The number of para-hydroxylation sites is 1. The smallest absolute Gasteiger partial charge is 0.128 e. The number of aromatic amines is 1. The van der Waals surface area contributed by atoms with Crippen LogP contribution in [-0.4, -0.2) is 10.2 Å². The van der Waals surface area contributed by atoms with E-state index in [1.54, 1.807) is 18.3 Å². The molecule has 0 bridgehead atoms. The van der Waals surface area contributed by atoms with Crippen LogP contribution >= 0.6 is 0 Å². The fourth-order valence-electron chi connectivity index (χ4n) is 1.95. The van der Waals surface area contributed by atoms with Crippen molar-refractivity contribution >= 4 is 16.6 Å². The maximum absolute atomic E-state index is 13.5. The average molecular weight is 241 g/mol. The summed E-state index contributed by atoms with van der Waals surface area (Å²) in [6, 6.07) is 12.6. The number of anilines is 1. The lowest BCUT2D eigenvalue weighted by Gasteiger charge is -2.08. The zero-order valence-corrected chi connectivity index (χ0v) is 9.65. The first-order valence-electron chi connectivity index (χ1n) is 5.74. The van der Waals surface area contributed by atoms with Gasteiger partial charge in [-0.15, -0.1) is 0 Å². The van der Waals surface area contributed by atoms with E-state index in [2.05, 4.69) is 15.5 Å². The minimum absolute atomic E-state index is 0.193. The Morgan fingerprint density at radius 3 is 2.89 bits per heavy atom. The van der Waals surface area contributed by atoms with Gasteiger partial charge in [0.25, 0.3) is 0 Å². The van der Waals surface area contributed by atoms with Crippen molar-refractivity contribution in [2.24, 2.45) is 0 Å². The molecular weight excluding hydrogens is 229 g/mol. The third-order valence-corrected chi connectivity index (χ3v) is 2.90. The molecule has 3 nitrogen and oxygen atoms in total. The molecule has 3 rings (SSSR count). The van der Waals surface area contributed by atoms with Gasteiger partial charge >= 0.3 is 0 Å². The number of H-pyrrole nitrogens is 1. The largest absolute Gasteiger partial charge is 0.379 e. The van der Waals surface area contributed by atoms with Gasteiger partial charge in [-0.3, -0.25) is 5.10 Å². The van der Waals surface area contributed by atoms with Crippen LogP contribution in [0.5, 0.6) is 0 Å². The van der Waals surface area contributed by atoms with E-state index in [-0.39, 0.29) is 5.82 Å². The van der Waals surface area contributed by atoms with Crippen molar-refractivity contribution in [1.82, 2.24) is 10.2 Å². The molecule has 2 N–H and O–H groups in total. The highest BCUT2D eigenvalue weighted by atomic mass is 19.1. The standard InChI is InChI=1S/C14H12FN3/c15-12-6-2-1-4-10(12)8-16-13-7-3-5-11-9-17-18-14(11)13/h1-7,9,16H,8H2,(H,17,18). The van der Waals surface area contributed by atoms with Gasteiger partial charge in [0, 0.05) is 17.5 Å². The summed E-state index contributed by atoms with van der Waals surface area (Å²) in [6.45, 7) is 0.449. The lowest BCUT2D eigenvalue weighted by atomic mass is 10.2. The van der Waals surface area contributed by atoms with E-state index in [4.69, 9.17) is 0 Å². The van der Waals surface area contributed by atoms with Crippen LogP contribution in [0.25, 0.3) is 10.9 Å². The molecule has 0 saturated heterocycles. The quantitative estimate of drug-likeness (QED) is 0.738. The number of nitrogens with zero attached hydrogens (tertiary/aromatic N) is 1. The lowest BCUT2D eigenvalue weighted by Crippen LogP contribution is -2.02. The van der Waals surface area contributed by atoms with Gasteiger partial charge in [-0.25, -0.2) is 4.39 Å². The Morgan fingerprint density at radius 1 is 1.11 bits per heavy atom. The van der Waals surface area contributed by atoms with Crippen molar-refractivity contribution in [3.63, 3.8) is 0 Å². The summed E-state index contributed by atoms with van der Waals surface area (Å²) in [5.74, 6) is -0.193. The molecule has 2 aromatic carbocycles. The molecule has 0 unspecified atom stereocenters. The molecule has 3 aromatic rings. The SMILES string of the molecule is Fc1ccccc1CNc1cccc2cn[nH]c12. The molecule has 0 aliphatic rings. The summed E-state index contributed by atoms with van der Waals surface area (Å²) >= 11 is 0. The Balaban J connectivity index is 1.85. The van der Waals surface area contributed by atoms with Gasteiger partial charge in [0.1, 0.15) is 5.82 Å². The van der Waals surface area contributed by atoms with Gasteiger partial charge in [0.05, 0.1) is 17.4 Å². The number of fused-ring (bicyclic) bond motifs is 1. The number of hydrogen-bond donors (Lipinski definition) is 2. The van der Waals surface area contributed by atoms with E-state index in [9.17, 15) is 4.39 Å². The summed E-state index contributed by atoms with van der Waals surface area (Å²) in [5.41, 5.74) is 2.51. The highest BCUT2D eigenvalue weighted by Gasteiger charge is 2.04. The van der Waals surface area contributed by atoms with Crippen molar-refractivity contribution < 1.29 is 4.39 Å². The molecule has 0 radical (unpaired) electrons. The van der Waals surface area contributed by atoms with Gasteiger partial charge in [-0.05, 0) is 12.1 Å². The zero-order chi connectivity index (χ0) is 12.4. The topological polar surface area (TPSA) is 40.7 Å². The van der Waals surface area contributed by atoms with Crippen LogP contribution in [0.4, 0.5) is 10.1 Å². The van der Waals surface area contributed by atoms with E-state index in [0.717, 1.165) is 16.6 Å². The lowest BCUT2D eigenvalue weighted by molar-refractivity contribution is 0.613. The normalized spacial score (nSPS) is 10.7. The molecule has 1 aromatic heterocycles. The minimum atomic E-state index is -0.193. The molecule has 18 heavy (non-hydrogen) atoms. The first-order valence-corrected chi connectivity index (χ1v) is 5.74. The van der Waals surface area contributed by atoms with Gasteiger partial charge in [-0.2, -0.15) is 5.10 Å². The van der Waals surface area contributed by atoms with E-state index >= 15 is 0 Å². The minimum Gasteiger partial charge on any atom is -0.379 e. The van der Waals surface area contributed by atoms with Crippen LogP contribution in [0.1, 0.15) is 5.56 Å². The van der Waals surface area contributed by atoms with E-state index < -0.39 is 0 Å². The summed E-state index contributed by atoms with van der Waals surface area (Å²) < 4.78 is 13.5. The zero-order valence-electron chi connectivity index (χ0n) is 9.65. The maximum atomic E-state index is 13.5. The Hall–Kier alpha value is -2.36. The molecule has 0 saturated carbocycles. The number of aromatic nitrogens is 2. The molecular formula is C14H12FN3. The van der Waals surface area contributed by atoms with Gasteiger partial charge in [0.15, 0.2) is 0 Å². The molecule has 0 aliphatic heterocycles. The Bertz CT molecular complexity index is 675. The van der Waals surface area contributed by atoms with Crippen LogP contribution in [-0.2, 0) is 6.54 Å². The molecule has 0 atom stereocenters. The van der Waals surface area contributed by atoms with E-state index in [1.165, 1.54) is 6.07 Å². The number of hydrogen-bond acceptors (Lipinski definition) is 2. The summed E-state index contributed by atoms with van der Waals surface area (Å²) in [7, 11) is 0. The molecule has 4 heteroatoms. The number of nitrogens with one attached hydrogen (secondary N) is 2.